The van der Waals surface area contributed by atoms with Crippen molar-refractivity contribution >= 4 is 96.7 Å². The molecule has 4 aromatic heterocycles. The molecule has 0 atom stereocenters. The van der Waals surface area contributed by atoms with Crippen molar-refractivity contribution in [3.63, 3.8) is 0 Å². The van der Waals surface area contributed by atoms with Gasteiger partial charge in [0.25, 0.3) is 0 Å². The van der Waals surface area contributed by atoms with Crippen LogP contribution in [-0.4, -0.2) is 24.1 Å². The van der Waals surface area contributed by atoms with Crippen LogP contribution in [0.3, 0.4) is 0 Å². The number of fused-ring (bicyclic) bond motifs is 17. The summed E-state index contributed by atoms with van der Waals surface area (Å²) in [6.07, 6.45) is 0. The molecule has 8 heteroatoms. The maximum absolute atomic E-state index is 14.1. The van der Waals surface area contributed by atoms with E-state index in [1.54, 1.807) is 24.3 Å². The Hall–Kier alpha value is -8.59. The molecule has 0 aliphatic rings. The first-order valence-electron chi connectivity index (χ1n) is 22.2. The lowest BCUT2D eigenvalue weighted by Crippen LogP contribution is -2.01. The Morgan fingerprint density at radius 1 is 0.328 bits per heavy atom. The minimum atomic E-state index is -0.352. The van der Waals surface area contributed by atoms with Gasteiger partial charge >= 0.3 is 0 Å². The van der Waals surface area contributed by atoms with Crippen LogP contribution in [-0.2, 0) is 0 Å². The van der Waals surface area contributed by atoms with Crippen LogP contribution in [0.2, 0.25) is 0 Å². The summed E-state index contributed by atoms with van der Waals surface area (Å²) in [6.45, 7) is 0. The van der Waals surface area contributed by atoms with Crippen molar-refractivity contribution in [3.05, 3.63) is 212 Å². The molecule has 314 valence electrons. The predicted molar refractivity (Wildman–Crippen MR) is 273 cm³/mol. The largest absolute Gasteiger partial charge is 0.308 e. The van der Waals surface area contributed by atoms with Crippen LogP contribution in [0.1, 0.15) is 0 Å². The van der Waals surface area contributed by atoms with Gasteiger partial charge < -0.3 is 9.13 Å². The highest BCUT2D eigenvalue weighted by atomic mass is 32.1. The van der Waals surface area contributed by atoms with Gasteiger partial charge in [-0.3, -0.25) is 0 Å². The van der Waals surface area contributed by atoms with E-state index in [9.17, 15) is 8.78 Å². The standard InChI is InChI=1S/C59H33F2N5S/c60-37-28-22-34(23-29-37)57-62-58(35-24-30-38(61)31-25-35)64-59(63-57)36-26-32-40(33-27-36)65-47-20-10-8-18-45(47)51-54-52(50-46-19-9-11-21-48(46)67-56(50)55(51)65)49-43-16-6-4-14-41(43)42-15-5-7-17-44(42)53(49)66(54)39-12-2-1-3-13-39/h1-33H. The van der Waals surface area contributed by atoms with Gasteiger partial charge in [0, 0.05) is 70.5 Å². The van der Waals surface area contributed by atoms with Gasteiger partial charge in [0.15, 0.2) is 17.5 Å². The molecule has 0 spiro atoms. The van der Waals surface area contributed by atoms with Gasteiger partial charge in [-0.2, -0.15) is 0 Å². The highest BCUT2D eigenvalue weighted by Crippen LogP contribution is 2.53. The molecule has 14 aromatic rings. The van der Waals surface area contributed by atoms with Gasteiger partial charge in [-0.1, -0.05) is 103 Å². The fourth-order valence-corrected chi connectivity index (χ4v) is 11.7. The zero-order valence-electron chi connectivity index (χ0n) is 35.5. The minimum Gasteiger partial charge on any atom is -0.308 e. The number of hydrogen-bond acceptors (Lipinski definition) is 4. The smallest absolute Gasteiger partial charge is 0.164 e. The third-order valence-electron chi connectivity index (χ3n) is 13.2. The second-order valence-electron chi connectivity index (χ2n) is 17.0. The van der Waals surface area contributed by atoms with E-state index in [-0.39, 0.29) is 11.6 Å². The Morgan fingerprint density at radius 3 is 1.43 bits per heavy atom. The number of nitrogens with zero attached hydrogens (tertiary/aromatic N) is 5. The van der Waals surface area contributed by atoms with Crippen molar-refractivity contribution < 1.29 is 8.78 Å². The van der Waals surface area contributed by atoms with Gasteiger partial charge in [0.1, 0.15) is 11.6 Å². The SMILES string of the molecule is Fc1ccc(-c2nc(-c3ccc(F)cc3)nc(-c3ccc(-n4c5ccccc5c5c4c4sc6ccccc6c4c4c6c7ccccc7c7ccccc7c6n(-c6ccccc6)c45)cc3)n2)cc1. The lowest BCUT2D eigenvalue weighted by atomic mass is 9.95. The number of hydrogen-bond donors (Lipinski definition) is 0. The van der Waals surface area contributed by atoms with Crippen LogP contribution >= 0.6 is 11.3 Å². The molecule has 0 unspecified atom stereocenters. The molecule has 4 heterocycles. The highest BCUT2D eigenvalue weighted by Gasteiger charge is 2.29. The number of benzene rings is 10. The zero-order chi connectivity index (χ0) is 44.3. The lowest BCUT2D eigenvalue weighted by molar-refractivity contribution is 0.627. The number of halogens is 2. The highest BCUT2D eigenvalue weighted by molar-refractivity contribution is 7.27. The van der Waals surface area contributed by atoms with Gasteiger partial charge in [0.2, 0.25) is 0 Å². The summed E-state index contributed by atoms with van der Waals surface area (Å²) in [5, 5.41) is 12.2. The molecular weight excluding hydrogens is 849 g/mol. The van der Waals surface area contributed by atoms with E-state index in [0.29, 0.717) is 28.6 Å². The summed E-state index contributed by atoms with van der Waals surface area (Å²) in [5.41, 5.74) is 8.74. The summed E-state index contributed by atoms with van der Waals surface area (Å²) in [7, 11) is 0. The maximum Gasteiger partial charge on any atom is 0.164 e. The molecule has 0 radical (unpaired) electrons. The molecule has 0 saturated heterocycles. The van der Waals surface area contributed by atoms with Gasteiger partial charge in [0.05, 0.1) is 26.8 Å². The van der Waals surface area contributed by atoms with Crippen LogP contribution in [0.5, 0.6) is 0 Å². The van der Waals surface area contributed by atoms with Crippen LogP contribution in [0.4, 0.5) is 8.78 Å². The molecule has 0 N–H and O–H groups in total. The summed E-state index contributed by atoms with van der Waals surface area (Å²) >= 11 is 1.85. The van der Waals surface area contributed by atoms with Gasteiger partial charge in [-0.15, -0.1) is 11.3 Å². The number of thiophene rings is 1. The topological polar surface area (TPSA) is 48.5 Å². The molecular formula is C59H33F2N5S. The van der Waals surface area contributed by atoms with Gasteiger partial charge in [-0.05, 0) is 113 Å². The minimum absolute atomic E-state index is 0.352. The van der Waals surface area contributed by atoms with E-state index in [0.717, 1.165) is 33.4 Å². The second kappa shape index (κ2) is 14.5. The quantitative estimate of drug-likeness (QED) is 0.162. The Morgan fingerprint density at radius 2 is 0.806 bits per heavy atom. The Balaban J connectivity index is 1.10. The first-order valence-corrected chi connectivity index (χ1v) is 23.0. The summed E-state index contributed by atoms with van der Waals surface area (Å²) in [4.78, 5) is 14.6. The first kappa shape index (κ1) is 37.8. The molecule has 0 saturated carbocycles. The van der Waals surface area contributed by atoms with E-state index in [2.05, 4.69) is 149 Å². The van der Waals surface area contributed by atoms with Crippen molar-refractivity contribution in [3.8, 4) is 45.5 Å². The van der Waals surface area contributed by atoms with Crippen LogP contribution in [0.15, 0.2) is 200 Å². The average Bonchev–Trinajstić information content (AvgIpc) is 4.06. The van der Waals surface area contributed by atoms with Crippen LogP contribution < -0.4 is 0 Å². The fourth-order valence-electron chi connectivity index (χ4n) is 10.4. The third-order valence-corrected chi connectivity index (χ3v) is 14.4. The van der Waals surface area contributed by atoms with E-state index in [1.165, 1.54) is 93.2 Å². The first-order chi connectivity index (χ1) is 33.1. The monoisotopic (exact) mass is 881 g/mol. The zero-order valence-corrected chi connectivity index (χ0v) is 36.3. The molecule has 5 nitrogen and oxygen atoms in total. The van der Waals surface area contributed by atoms with Crippen molar-refractivity contribution in [1.82, 2.24) is 24.1 Å². The third kappa shape index (κ3) is 5.60. The predicted octanol–water partition coefficient (Wildman–Crippen LogP) is 16.0. The Labute approximate surface area is 385 Å². The molecule has 67 heavy (non-hydrogen) atoms. The van der Waals surface area contributed by atoms with E-state index < -0.39 is 0 Å². The lowest BCUT2D eigenvalue weighted by Gasteiger charge is -2.13. The van der Waals surface area contributed by atoms with E-state index in [1.807, 2.05) is 23.5 Å². The molecule has 0 fully saturated rings. The van der Waals surface area contributed by atoms with Gasteiger partial charge in [-0.25, -0.2) is 23.7 Å². The summed E-state index contributed by atoms with van der Waals surface area (Å²) in [5.74, 6) is 0.523. The number of rotatable bonds is 5. The molecule has 10 aromatic carbocycles. The molecule has 0 aliphatic carbocycles. The van der Waals surface area contributed by atoms with Crippen molar-refractivity contribution in [2.24, 2.45) is 0 Å². The Kier molecular flexibility index (Phi) is 8.15. The summed E-state index contributed by atoms with van der Waals surface area (Å²) in [6, 6.07) is 66.7. The van der Waals surface area contributed by atoms with E-state index >= 15 is 0 Å². The Bertz CT molecular complexity index is 4260. The summed E-state index contributed by atoms with van der Waals surface area (Å²) < 4.78 is 35.5. The number of aromatic nitrogens is 5. The fraction of sp³-hybridized carbons (Fsp3) is 0. The van der Waals surface area contributed by atoms with Crippen molar-refractivity contribution in [2.45, 2.75) is 0 Å². The van der Waals surface area contributed by atoms with Crippen molar-refractivity contribution in [2.75, 3.05) is 0 Å². The molecule has 14 rings (SSSR count). The van der Waals surface area contributed by atoms with Crippen molar-refractivity contribution in [1.29, 1.82) is 0 Å². The normalized spacial score (nSPS) is 12.0. The molecule has 0 bridgehead atoms. The van der Waals surface area contributed by atoms with Crippen LogP contribution in [0, 0.1) is 11.6 Å². The second-order valence-corrected chi connectivity index (χ2v) is 18.0. The average molecular weight is 882 g/mol. The molecule has 0 aliphatic heterocycles. The van der Waals surface area contributed by atoms with E-state index in [4.69, 9.17) is 15.0 Å². The molecule has 0 amide bonds. The van der Waals surface area contributed by atoms with Crippen LogP contribution in [0.25, 0.3) is 131 Å². The number of para-hydroxylation sites is 2. The maximum atomic E-state index is 14.1.